The highest BCUT2D eigenvalue weighted by molar-refractivity contribution is 4.53. The van der Waals surface area contributed by atoms with Crippen LogP contribution in [0.1, 0.15) is 53.9 Å². The Labute approximate surface area is 85.6 Å². The Kier molecular flexibility index (Phi) is 32.1. The predicted molar refractivity (Wildman–Crippen MR) is 65.3 cm³/mol. The highest BCUT2D eigenvalue weighted by atomic mass is 14.8. The van der Waals surface area contributed by atoms with E-state index in [-0.39, 0.29) is 0 Å². The minimum atomic E-state index is 0.699. The third-order valence-corrected chi connectivity index (χ3v) is 1.21. The van der Waals surface area contributed by atoms with Gasteiger partial charge in [0.1, 0.15) is 0 Å². The van der Waals surface area contributed by atoms with Gasteiger partial charge in [-0.25, -0.2) is 0 Å². The summed E-state index contributed by atoms with van der Waals surface area (Å²) in [5, 5.41) is 3.17. The molecule has 0 spiro atoms. The van der Waals surface area contributed by atoms with Crippen LogP contribution in [0.15, 0.2) is 12.7 Å². The van der Waals surface area contributed by atoms with Crippen molar-refractivity contribution in [3.8, 4) is 0 Å². The summed E-state index contributed by atoms with van der Waals surface area (Å²) in [4.78, 5) is 0. The predicted octanol–water partition coefficient (Wildman–Crippen LogP) is 4.00. The molecule has 0 rings (SSSR count). The van der Waals surface area contributed by atoms with Gasteiger partial charge in [-0.1, -0.05) is 39.7 Å². The van der Waals surface area contributed by atoms with E-state index in [0.717, 1.165) is 0 Å². The fraction of sp³-hybridized carbons (Fsp3) is 0.833. The Morgan fingerprint density at radius 3 is 1.69 bits per heavy atom. The Bertz CT molecular complexity index is 69.5. The molecule has 0 bridgehead atoms. The number of nitrogens with one attached hydrogen (secondary N) is 1. The molecule has 1 unspecified atom stereocenters. The smallest absolute Gasteiger partial charge is 0.00356 e. The molecule has 13 heavy (non-hydrogen) atoms. The van der Waals surface area contributed by atoms with Gasteiger partial charge in [0.2, 0.25) is 0 Å². The van der Waals surface area contributed by atoms with Crippen molar-refractivity contribution in [3.05, 3.63) is 12.7 Å². The molecule has 0 aromatic carbocycles. The Morgan fingerprint density at radius 2 is 1.62 bits per heavy atom. The van der Waals surface area contributed by atoms with E-state index < -0.39 is 0 Å². The lowest BCUT2D eigenvalue weighted by Gasteiger charge is -2.05. The molecule has 0 aromatic heterocycles. The molecular weight excluding hydrogens is 158 g/mol. The van der Waals surface area contributed by atoms with Gasteiger partial charge in [-0.15, -0.1) is 6.58 Å². The van der Waals surface area contributed by atoms with Gasteiger partial charge in [0, 0.05) is 6.04 Å². The molecule has 0 aliphatic carbocycles. The van der Waals surface area contributed by atoms with E-state index in [9.17, 15) is 0 Å². The molecule has 0 saturated heterocycles. The van der Waals surface area contributed by atoms with Crippen LogP contribution < -0.4 is 5.32 Å². The molecule has 0 radical (unpaired) electrons. The number of allylic oxidation sites excluding steroid dienone is 1. The van der Waals surface area contributed by atoms with Crippen LogP contribution in [0.5, 0.6) is 0 Å². The van der Waals surface area contributed by atoms with E-state index in [2.05, 4.69) is 39.6 Å². The zero-order valence-electron chi connectivity index (χ0n) is 10.5. The lowest BCUT2D eigenvalue weighted by atomic mass is 10.2. The Morgan fingerprint density at radius 1 is 1.31 bits per heavy atom. The molecule has 1 atom stereocenters. The lowest BCUT2D eigenvalue weighted by Crippen LogP contribution is -2.20. The first-order chi connectivity index (χ1) is 6.14. The molecular formula is C12H29N. The summed E-state index contributed by atoms with van der Waals surface area (Å²) < 4.78 is 0. The quantitative estimate of drug-likeness (QED) is 0.658. The second-order valence-electron chi connectivity index (χ2n) is 3.09. The first-order valence-corrected chi connectivity index (χ1v) is 5.38. The SMILES string of the molecule is C=CC.CCC.CCCC(C)NC. The van der Waals surface area contributed by atoms with Gasteiger partial charge in [-0.3, -0.25) is 0 Å². The maximum atomic E-state index is 3.36. The maximum Gasteiger partial charge on any atom is 0.00356 e. The average molecular weight is 187 g/mol. The first-order valence-electron chi connectivity index (χ1n) is 5.38. The molecule has 0 aliphatic heterocycles. The van der Waals surface area contributed by atoms with Gasteiger partial charge >= 0.3 is 0 Å². The van der Waals surface area contributed by atoms with Gasteiger partial charge in [-0.05, 0) is 27.3 Å². The van der Waals surface area contributed by atoms with E-state index in [1.54, 1.807) is 6.08 Å². The standard InChI is InChI=1S/C6H15N.C3H8.C3H6/c1-4-5-6(2)7-3;2*1-3-2/h6-7H,4-5H2,1-3H3;3H2,1-2H3;3H,1H2,2H3. The van der Waals surface area contributed by atoms with Crippen LogP contribution in [0.25, 0.3) is 0 Å². The van der Waals surface area contributed by atoms with E-state index in [1.165, 1.54) is 19.3 Å². The second kappa shape index (κ2) is 22.6. The van der Waals surface area contributed by atoms with Crippen LogP contribution in [-0.4, -0.2) is 13.1 Å². The number of hydrogen-bond donors (Lipinski definition) is 1. The second-order valence-corrected chi connectivity index (χ2v) is 3.09. The van der Waals surface area contributed by atoms with Crippen LogP contribution in [-0.2, 0) is 0 Å². The lowest BCUT2D eigenvalue weighted by molar-refractivity contribution is 0.557. The minimum absolute atomic E-state index is 0.699. The topological polar surface area (TPSA) is 12.0 Å². The summed E-state index contributed by atoms with van der Waals surface area (Å²) in [7, 11) is 2.00. The van der Waals surface area contributed by atoms with Crippen molar-refractivity contribution < 1.29 is 0 Å². The van der Waals surface area contributed by atoms with Crippen LogP contribution in [0, 0.1) is 0 Å². The molecule has 82 valence electrons. The summed E-state index contributed by atoms with van der Waals surface area (Å²) in [6.07, 6.45) is 5.57. The summed E-state index contributed by atoms with van der Waals surface area (Å²) in [6.45, 7) is 13.9. The summed E-state index contributed by atoms with van der Waals surface area (Å²) >= 11 is 0. The van der Waals surface area contributed by atoms with Crippen LogP contribution in [0.3, 0.4) is 0 Å². The van der Waals surface area contributed by atoms with Crippen molar-refractivity contribution in [2.75, 3.05) is 7.05 Å². The molecule has 0 amide bonds. The van der Waals surface area contributed by atoms with Gasteiger partial charge in [-0.2, -0.15) is 0 Å². The fourth-order valence-corrected chi connectivity index (χ4v) is 0.577. The summed E-state index contributed by atoms with van der Waals surface area (Å²) in [5.41, 5.74) is 0. The average Bonchev–Trinajstić information content (AvgIpc) is 2.07. The molecule has 0 fully saturated rings. The molecule has 0 aliphatic rings. The van der Waals surface area contributed by atoms with Gasteiger partial charge in [0.05, 0.1) is 0 Å². The van der Waals surface area contributed by atoms with E-state index in [1.807, 2.05) is 14.0 Å². The third-order valence-electron chi connectivity index (χ3n) is 1.21. The zero-order valence-corrected chi connectivity index (χ0v) is 10.5. The maximum absolute atomic E-state index is 3.36. The third kappa shape index (κ3) is 49.8. The van der Waals surface area contributed by atoms with E-state index in [0.29, 0.717) is 6.04 Å². The minimum Gasteiger partial charge on any atom is -0.317 e. The Balaban J connectivity index is -0.000000140. The largest absolute Gasteiger partial charge is 0.317 e. The van der Waals surface area contributed by atoms with Gasteiger partial charge in [0.15, 0.2) is 0 Å². The van der Waals surface area contributed by atoms with E-state index >= 15 is 0 Å². The normalized spacial score (nSPS) is 10.0. The molecule has 1 nitrogen and oxygen atoms in total. The van der Waals surface area contributed by atoms with Crippen molar-refractivity contribution >= 4 is 0 Å². The zero-order chi connectivity index (χ0) is 11.1. The van der Waals surface area contributed by atoms with Crippen LogP contribution >= 0.6 is 0 Å². The van der Waals surface area contributed by atoms with Gasteiger partial charge < -0.3 is 5.32 Å². The molecule has 0 aromatic rings. The van der Waals surface area contributed by atoms with Crippen molar-refractivity contribution in [1.82, 2.24) is 5.32 Å². The first kappa shape index (κ1) is 18.5. The highest BCUT2D eigenvalue weighted by Gasteiger charge is 1.91. The molecule has 0 heterocycles. The summed E-state index contributed by atoms with van der Waals surface area (Å²) in [6, 6.07) is 0.699. The number of rotatable bonds is 3. The van der Waals surface area contributed by atoms with Crippen molar-refractivity contribution in [2.45, 2.75) is 59.9 Å². The highest BCUT2D eigenvalue weighted by Crippen LogP contribution is 1.91. The molecule has 0 saturated carbocycles. The monoisotopic (exact) mass is 187 g/mol. The van der Waals surface area contributed by atoms with Crippen LogP contribution in [0.2, 0.25) is 0 Å². The molecule has 1 N–H and O–H groups in total. The van der Waals surface area contributed by atoms with Crippen molar-refractivity contribution in [2.24, 2.45) is 0 Å². The van der Waals surface area contributed by atoms with Crippen molar-refractivity contribution in [1.29, 1.82) is 0 Å². The fourth-order valence-electron chi connectivity index (χ4n) is 0.577. The Hall–Kier alpha value is -0.300. The summed E-state index contributed by atoms with van der Waals surface area (Å²) in [5.74, 6) is 0. The van der Waals surface area contributed by atoms with E-state index in [4.69, 9.17) is 0 Å². The van der Waals surface area contributed by atoms with Crippen molar-refractivity contribution in [3.63, 3.8) is 0 Å². The van der Waals surface area contributed by atoms with Crippen LogP contribution in [0.4, 0.5) is 0 Å². The van der Waals surface area contributed by atoms with Gasteiger partial charge in [0.25, 0.3) is 0 Å². The molecule has 1 heteroatoms. The number of hydrogen-bond acceptors (Lipinski definition) is 1.